The minimum absolute atomic E-state index is 0.0185. The molecule has 0 radical (unpaired) electrons. The maximum atomic E-state index is 13.3. The Balaban J connectivity index is 1.46. The first-order valence-corrected chi connectivity index (χ1v) is 10.9. The summed E-state index contributed by atoms with van der Waals surface area (Å²) in [6.07, 6.45) is 5.91. The maximum Gasteiger partial charge on any atom is 0.254 e. The SMILES string of the molecule is O=C(NCCc1cccc(Cl)c1)C1CC2CCCCC2N1C(=O)c1ccccc1. The zero-order valence-corrected chi connectivity index (χ0v) is 17.3. The number of nitrogens with zero attached hydrogens (tertiary/aromatic N) is 1. The number of hydrogen-bond donors (Lipinski definition) is 1. The highest BCUT2D eigenvalue weighted by Crippen LogP contribution is 2.40. The molecule has 0 aromatic heterocycles. The molecule has 1 aliphatic heterocycles. The van der Waals surface area contributed by atoms with Gasteiger partial charge in [0.15, 0.2) is 0 Å². The van der Waals surface area contributed by atoms with Crippen LogP contribution in [0, 0.1) is 5.92 Å². The van der Waals surface area contributed by atoms with E-state index in [1.54, 1.807) is 0 Å². The van der Waals surface area contributed by atoms with Crippen LogP contribution in [0.5, 0.6) is 0 Å². The van der Waals surface area contributed by atoms with Crippen LogP contribution < -0.4 is 5.32 Å². The van der Waals surface area contributed by atoms with Crippen LogP contribution in [0.3, 0.4) is 0 Å². The van der Waals surface area contributed by atoms with Gasteiger partial charge in [-0.3, -0.25) is 9.59 Å². The third-order valence-corrected chi connectivity index (χ3v) is 6.48. The van der Waals surface area contributed by atoms with E-state index in [2.05, 4.69) is 5.32 Å². The first-order chi connectivity index (χ1) is 14.1. The van der Waals surface area contributed by atoms with Crippen molar-refractivity contribution in [2.45, 2.75) is 50.6 Å². The molecule has 4 rings (SSSR count). The molecule has 2 fully saturated rings. The minimum Gasteiger partial charge on any atom is -0.354 e. The fraction of sp³-hybridized carbons (Fsp3) is 0.417. The molecule has 152 valence electrons. The Hall–Kier alpha value is -2.33. The van der Waals surface area contributed by atoms with E-state index in [1.165, 1.54) is 6.42 Å². The summed E-state index contributed by atoms with van der Waals surface area (Å²) < 4.78 is 0. The van der Waals surface area contributed by atoms with E-state index in [0.717, 1.165) is 37.7 Å². The molecule has 2 aromatic carbocycles. The summed E-state index contributed by atoms with van der Waals surface area (Å²) >= 11 is 6.04. The molecule has 3 atom stereocenters. The molecule has 0 spiro atoms. The molecule has 29 heavy (non-hydrogen) atoms. The zero-order chi connectivity index (χ0) is 20.2. The van der Waals surface area contributed by atoms with Gasteiger partial charge in [0.2, 0.25) is 5.91 Å². The first-order valence-electron chi connectivity index (χ1n) is 10.5. The van der Waals surface area contributed by atoms with Gasteiger partial charge >= 0.3 is 0 Å². The molecular weight excluding hydrogens is 384 g/mol. The van der Waals surface area contributed by atoms with E-state index < -0.39 is 0 Å². The van der Waals surface area contributed by atoms with E-state index in [0.29, 0.717) is 23.0 Å². The monoisotopic (exact) mass is 410 g/mol. The Kier molecular flexibility index (Phi) is 6.19. The second-order valence-electron chi connectivity index (χ2n) is 8.11. The van der Waals surface area contributed by atoms with Crippen LogP contribution in [-0.2, 0) is 11.2 Å². The quantitative estimate of drug-likeness (QED) is 0.790. The minimum atomic E-state index is -0.379. The van der Waals surface area contributed by atoms with Crippen LogP contribution in [0.2, 0.25) is 5.02 Å². The topological polar surface area (TPSA) is 49.4 Å². The summed E-state index contributed by atoms with van der Waals surface area (Å²) in [6, 6.07) is 16.8. The molecule has 3 unspecified atom stereocenters. The van der Waals surface area contributed by atoms with Crippen molar-refractivity contribution < 1.29 is 9.59 Å². The van der Waals surface area contributed by atoms with Crippen molar-refractivity contribution in [2.24, 2.45) is 5.92 Å². The van der Waals surface area contributed by atoms with Crippen molar-refractivity contribution in [1.29, 1.82) is 0 Å². The lowest BCUT2D eigenvalue weighted by Gasteiger charge is -2.33. The Bertz CT molecular complexity index is 870. The normalized spacial score (nSPS) is 23.5. The van der Waals surface area contributed by atoms with Gasteiger partial charge in [-0.15, -0.1) is 0 Å². The fourth-order valence-corrected chi connectivity index (χ4v) is 5.07. The Morgan fingerprint density at radius 1 is 1.03 bits per heavy atom. The van der Waals surface area contributed by atoms with Gasteiger partial charge < -0.3 is 10.2 Å². The number of rotatable bonds is 5. The Labute approximate surface area is 177 Å². The first kappa shape index (κ1) is 20.0. The van der Waals surface area contributed by atoms with E-state index >= 15 is 0 Å². The number of nitrogens with one attached hydrogen (secondary N) is 1. The summed E-state index contributed by atoms with van der Waals surface area (Å²) in [6.45, 7) is 0.540. The second-order valence-corrected chi connectivity index (χ2v) is 8.55. The third-order valence-electron chi connectivity index (χ3n) is 6.25. The summed E-state index contributed by atoms with van der Waals surface area (Å²) in [5, 5.41) is 3.76. The highest BCUT2D eigenvalue weighted by atomic mass is 35.5. The number of carbonyl (C=O) groups excluding carboxylic acids is 2. The lowest BCUT2D eigenvalue weighted by atomic mass is 9.84. The zero-order valence-electron chi connectivity index (χ0n) is 16.5. The van der Waals surface area contributed by atoms with Crippen LogP contribution in [0.25, 0.3) is 0 Å². The standard InChI is InChI=1S/C24H27ClN2O2/c25-20-11-6-7-17(15-20)13-14-26-23(28)22-16-19-10-4-5-12-21(19)27(22)24(29)18-8-2-1-3-9-18/h1-3,6-9,11,15,19,21-22H,4-5,10,12-14,16H2,(H,26,28). The molecule has 2 aromatic rings. The number of carbonyl (C=O) groups is 2. The Morgan fingerprint density at radius 3 is 2.62 bits per heavy atom. The fourth-order valence-electron chi connectivity index (χ4n) is 4.86. The van der Waals surface area contributed by atoms with Crippen LogP contribution >= 0.6 is 11.6 Å². The smallest absolute Gasteiger partial charge is 0.254 e. The molecule has 1 aliphatic carbocycles. The number of amides is 2. The molecule has 1 saturated heterocycles. The second kappa shape index (κ2) is 9.00. The van der Waals surface area contributed by atoms with E-state index in [9.17, 15) is 9.59 Å². The van der Waals surface area contributed by atoms with E-state index in [1.807, 2.05) is 59.5 Å². The molecule has 2 amide bonds. The highest BCUT2D eigenvalue weighted by molar-refractivity contribution is 6.30. The van der Waals surface area contributed by atoms with Gasteiger partial charge in [-0.05, 0) is 61.4 Å². The summed E-state index contributed by atoms with van der Waals surface area (Å²) in [7, 11) is 0. The van der Waals surface area contributed by atoms with E-state index in [-0.39, 0.29) is 23.9 Å². The van der Waals surface area contributed by atoms with Crippen molar-refractivity contribution in [3.8, 4) is 0 Å². The van der Waals surface area contributed by atoms with Gasteiger partial charge in [-0.1, -0.05) is 54.8 Å². The Morgan fingerprint density at radius 2 is 1.83 bits per heavy atom. The molecule has 4 nitrogen and oxygen atoms in total. The van der Waals surface area contributed by atoms with Gasteiger partial charge in [0.1, 0.15) is 6.04 Å². The molecule has 5 heteroatoms. The van der Waals surface area contributed by atoms with Crippen LogP contribution in [-0.4, -0.2) is 35.3 Å². The number of benzene rings is 2. The number of halogens is 1. The molecule has 1 N–H and O–H groups in total. The van der Waals surface area contributed by atoms with Crippen LogP contribution in [0.4, 0.5) is 0 Å². The maximum absolute atomic E-state index is 13.3. The van der Waals surface area contributed by atoms with Gasteiger partial charge in [0.05, 0.1) is 0 Å². The number of likely N-dealkylation sites (tertiary alicyclic amines) is 1. The average molecular weight is 411 g/mol. The molecule has 2 aliphatic rings. The lowest BCUT2D eigenvalue weighted by molar-refractivity contribution is -0.125. The van der Waals surface area contributed by atoms with Crippen LogP contribution in [0.1, 0.15) is 48.0 Å². The summed E-state index contributed by atoms with van der Waals surface area (Å²) in [5.41, 5.74) is 1.76. The van der Waals surface area contributed by atoms with E-state index in [4.69, 9.17) is 11.6 Å². The van der Waals surface area contributed by atoms with Crippen LogP contribution in [0.15, 0.2) is 54.6 Å². The third kappa shape index (κ3) is 4.48. The summed E-state index contributed by atoms with van der Waals surface area (Å²) in [5.74, 6) is 0.376. The summed E-state index contributed by atoms with van der Waals surface area (Å²) in [4.78, 5) is 28.2. The van der Waals surface area contributed by atoms with Gasteiger partial charge in [-0.25, -0.2) is 0 Å². The molecule has 1 saturated carbocycles. The molecule has 0 bridgehead atoms. The predicted octanol–water partition coefficient (Wildman–Crippen LogP) is 4.47. The van der Waals surface area contributed by atoms with Crippen molar-refractivity contribution in [1.82, 2.24) is 10.2 Å². The highest BCUT2D eigenvalue weighted by Gasteiger charge is 2.47. The largest absolute Gasteiger partial charge is 0.354 e. The number of hydrogen-bond acceptors (Lipinski definition) is 2. The van der Waals surface area contributed by atoms with Crippen molar-refractivity contribution in [3.05, 3.63) is 70.7 Å². The average Bonchev–Trinajstić information content (AvgIpc) is 3.13. The predicted molar refractivity (Wildman–Crippen MR) is 115 cm³/mol. The van der Waals surface area contributed by atoms with Gasteiger partial charge in [0.25, 0.3) is 5.91 Å². The molecule has 1 heterocycles. The number of fused-ring (bicyclic) bond motifs is 1. The van der Waals surface area contributed by atoms with Crippen molar-refractivity contribution in [2.75, 3.05) is 6.54 Å². The van der Waals surface area contributed by atoms with Gasteiger partial charge in [-0.2, -0.15) is 0 Å². The van der Waals surface area contributed by atoms with Gasteiger partial charge in [0, 0.05) is 23.2 Å². The van der Waals surface area contributed by atoms with Crippen molar-refractivity contribution in [3.63, 3.8) is 0 Å². The lowest BCUT2D eigenvalue weighted by Crippen LogP contribution is -2.49. The van der Waals surface area contributed by atoms with Crippen molar-refractivity contribution >= 4 is 23.4 Å². The molecular formula is C24H27ClN2O2.